The first kappa shape index (κ1) is 90.6. The van der Waals surface area contributed by atoms with Gasteiger partial charge in [-0.05, 0) is 139 Å². The molecule has 0 aliphatic carbocycles. The molecule has 0 atom stereocenters. The van der Waals surface area contributed by atoms with Crippen LogP contribution in [-0.4, -0.2) is 150 Å². The number of halogens is 24. The number of hydrazone groups is 2. The number of aromatic nitrogens is 2. The van der Waals surface area contributed by atoms with Gasteiger partial charge >= 0.3 is 100 Å². The van der Waals surface area contributed by atoms with Gasteiger partial charge in [0.1, 0.15) is 0 Å². The third-order valence-corrected chi connectivity index (χ3v) is 8.62. The Balaban J connectivity index is -0.000000508. The minimum atomic E-state index is -5.46. The first-order valence-electron chi connectivity index (χ1n) is 23.2. The van der Waals surface area contributed by atoms with Crippen molar-refractivity contribution in [2.75, 3.05) is 0 Å². The Morgan fingerprint density at radius 3 is 0.728 bits per heavy atom. The maximum Gasteiger partial charge on any atom is 3.00 e. The zero-order valence-corrected chi connectivity index (χ0v) is 50.0. The molecule has 0 unspecified atom stereocenters. The molecule has 518 valence electrons. The van der Waals surface area contributed by atoms with Gasteiger partial charge in [-0.2, -0.15) is 105 Å². The summed E-state index contributed by atoms with van der Waals surface area (Å²) in [6, 6.07) is 10.6. The van der Waals surface area contributed by atoms with Crippen molar-refractivity contribution in [1.82, 2.24) is 30.0 Å². The number of amidine groups is 2. The van der Waals surface area contributed by atoms with Crippen LogP contribution in [0.5, 0.6) is 0 Å². The maximum absolute atomic E-state index is 12.2. The number of carbonyl (C=O) groups excluding carboxylic acids is 6. The molecule has 0 saturated carbocycles. The second kappa shape index (κ2) is 36.4. The van der Waals surface area contributed by atoms with Gasteiger partial charge in [0, 0.05) is 36.6 Å². The van der Waals surface area contributed by atoms with Crippen LogP contribution in [0.15, 0.2) is 106 Å². The number of urea groups is 2. The summed E-state index contributed by atoms with van der Waals surface area (Å²) in [6.45, 7) is 15.3. The van der Waals surface area contributed by atoms with Crippen LogP contribution in [0.2, 0.25) is 0 Å². The minimum Gasteiger partial charge on any atom is -0.869 e. The number of amides is 4. The Hall–Kier alpha value is -7.81. The number of nitrogens with zero attached hydrogens (tertiary/aromatic N) is 10. The van der Waals surface area contributed by atoms with Crippen LogP contribution in [0.4, 0.5) is 115 Å². The average molecular weight is 1550 g/mol. The third kappa shape index (κ3) is 33.0. The largest absolute Gasteiger partial charge is 3.00 e. The zero-order chi connectivity index (χ0) is 71.4. The third-order valence-electron chi connectivity index (χ3n) is 8.62. The van der Waals surface area contributed by atoms with Crippen molar-refractivity contribution >= 4 is 46.9 Å². The molecule has 0 spiro atoms. The van der Waals surface area contributed by atoms with E-state index in [2.05, 4.69) is 31.0 Å². The van der Waals surface area contributed by atoms with Crippen molar-refractivity contribution in [3.8, 4) is 0 Å². The fourth-order valence-electron chi connectivity index (χ4n) is 4.50. The van der Waals surface area contributed by atoms with Crippen molar-refractivity contribution < 1.29 is 194 Å². The number of carbonyl (C=O) groups is 6. The summed E-state index contributed by atoms with van der Waals surface area (Å²) in [5, 5.41) is 53.6. The molecule has 2 aliphatic rings. The summed E-state index contributed by atoms with van der Waals surface area (Å²) in [4.78, 5) is 72.2. The fraction of sp³-hybridized carbons (Fsp3) is 0.435. The molecular formula is C46H40F24N10O10Ru2. The van der Waals surface area contributed by atoms with Crippen molar-refractivity contribution in [2.45, 2.75) is 129 Å². The Morgan fingerprint density at radius 1 is 0.380 bits per heavy atom. The first-order chi connectivity index (χ1) is 40.2. The van der Waals surface area contributed by atoms with E-state index < -0.39 is 120 Å². The summed E-state index contributed by atoms with van der Waals surface area (Å²) in [6.07, 6.45) is -44.4. The second-order valence-corrected chi connectivity index (χ2v) is 17.3. The van der Waals surface area contributed by atoms with Gasteiger partial charge in [-0.3, -0.25) is 29.1 Å². The van der Waals surface area contributed by atoms with E-state index in [1.807, 2.05) is 91.8 Å². The van der Waals surface area contributed by atoms with Gasteiger partial charge in [0.15, 0.2) is 0 Å². The summed E-state index contributed by atoms with van der Waals surface area (Å²) < 4.78 is 271. The molecule has 0 aromatic carbocycles. The smallest absolute Gasteiger partial charge is 0.869 e. The standard InChI is InChI=1S/2C13H18N5O.4C5H2F6O2.2Ru/c2*1-9(2)17-13(19)18(10(3)4)16-12(15-17)11-7-5-6-8-14-11;4*6-4(7,8)2(12)1-3(13)5(9,10)11;;/h2*5-10H,1-4H3;4*1,12H;;/q2*-1;;;;;2*+3/p-4/b;;4*2-1-;;. The van der Waals surface area contributed by atoms with Gasteiger partial charge in [-0.1, -0.05) is 12.1 Å². The quantitative estimate of drug-likeness (QED) is 0.0933. The molecule has 46 heteroatoms. The van der Waals surface area contributed by atoms with E-state index in [4.69, 9.17) is 0 Å². The van der Waals surface area contributed by atoms with Gasteiger partial charge in [0.2, 0.25) is 0 Å². The number of pyridine rings is 2. The van der Waals surface area contributed by atoms with Crippen molar-refractivity contribution in [3.05, 3.63) is 118 Å². The molecular weight excluding hydrogens is 1510 g/mol. The molecule has 20 nitrogen and oxygen atoms in total. The topological polar surface area (TPSA) is 286 Å². The van der Waals surface area contributed by atoms with Crippen LogP contribution < -0.4 is 20.4 Å². The van der Waals surface area contributed by atoms with Crippen LogP contribution in [0.25, 0.3) is 10.9 Å². The van der Waals surface area contributed by atoms with E-state index in [0.29, 0.717) is 23.1 Å². The van der Waals surface area contributed by atoms with Crippen LogP contribution in [0.3, 0.4) is 0 Å². The summed E-state index contributed by atoms with van der Waals surface area (Å²) >= 11 is 0. The van der Waals surface area contributed by atoms with E-state index in [1.165, 1.54) is 20.0 Å². The second-order valence-electron chi connectivity index (χ2n) is 17.3. The van der Waals surface area contributed by atoms with E-state index >= 15 is 0 Å². The van der Waals surface area contributed by atoms with Crippen LogP contribution in [0, 0.1) is 0 Å². The Morgan fingerprint density at radius 2 is 0.587 bits per heavy atom. The van der Waals surface area contributed by atoms with Gasteiger partial charge in [-0.25, -0.2) is 9.59 Å². The van der Waals surface area contributed by atoms with Gasteiger partial charge in [0.05, 0.1) is 11.4 Å². The zero-order valence-electron chi connectivity index (χ0n) is 46.6. The van der Waals surface area contributed by atoms with E-state index in [-0.39, 0.29) is 75.2 Å². The molecule has 4 rings (SSSR count). The first-order valence-corrected chi connectivity index (χ1v) is 23.2. The Bertz CT molecular complexity index is 2640. The maximum atomic E-state index is 12.2. The SMILES string of the molecule is CC(C)N1N=C(c2ccccn2)[N-]N(C(C)C)C1=O.CC(C)N1N=C(c2ccccn2)[N-]N(C(C)C)C1=O.O=C(/C=C(\[O-])C(F)(F)F)C(F)(F)F.O=C(/C=C(\[O-])C(F)(F)F)C(F)(F)F.O=C(/C=C(\[O-])C(F)(F)F)C(F)(F)F.O=C(/C=C(\[O-])C(F)(F)F)C(F)(F)F.[Ru+3].[Ru+3]. The van der Waals surface area contributed by atoms with Crippen molar-refractivity contribution in [1.29, 1.82) is 0 Å². The summed E-state index contributed by atoms with van der Waals surface area (Å²) in [7, 11) is 0. The molecule has 4 amide bonds. The van der Waals surface area contributed by atoms with Gasteiger partial charge in [0.25, 0.3) is 23.1 Å². The molecule has 0 N–H and O–H groups in total. The number of allylic oxidation sites excluding steroid dienone is 8. The molecule has 0 saturated heterocycles. The predicted molar refractivity (Wildman–Crippen MR) is 248 cm³/mol. The molecule has 0 bridgehead atoms. The van der Waals surface area contributed by atoms with E-state index in [1.54, 1.807) is 12.4 Å². The number of hydrogen-bond donors (Lipinski definition) is 0. The Labute approximate surface area is 526 Å². The number of hydrogen-bond acceptors (Lipinski definition) is 14. The van der Waals surface area contributed by atoms with Crippen LogP contribution >= 0.6 is 0 Å². The molecule has 4 heterocycles. The van der Waals surface area contributed by atoms with E-state index in [0.717, 1.165) is 0 Å². The molecule has 0 fully saturated rings. The van der Waals surface area contributed by atoms with Crippen LogP contribution in [-0.2, 0) is 58.1 Å². The fourth-order valence-corrected chi connectivity index (χ4v) is 4.50. The molecule has 2 aromatic rings. The van der Waals surface area contributed by atoms with Gasteiger partial charge < -0.3 is 61.5 Å². The van der Waals surface area contributed by atoms with E-state index in [9.17, 15) is 155 Å². The molecule has 2 aromatic heterocycles. The molecule has 2 radical (unpaired) electrons. The van der Waals surface area contributed by atoms with Crippen LogP contribution in [0.1, 0.15) is 66.8 Å². The summed E-state index contributed by atoms with van der Waals surface area (Å²) in [5.41, 5.74) is 9.91. The number of ketones is 4. The minimum absolute atomic E-state index is 0. The monoisotopic (exact) mass is 1550 g/mol. The Kier molecular flexibility index (Phi) is 35.9. The number of rotatable bonds is 10. The predicted octanol–water partition coefficient (Wildman–Crippen LogP) is 8.86. The number of alkyl halides is 24. The summed E-state index contributed by atoms with van der Waals surface area (Å²) in [5.74, 6) is -21.7. The van der Waals surface area contributed by atoms with Gasteiger partial charge in [-0.15, -0.1) is 0 Å². The average Bonchev–Trinajstić information content (AvgIpc) is 0.944. The van der Waals surface area contributed by atoms with Crippen molar-refractivity contribution in [2.24, 2.45) is 10.2 Å². The normalized spacial score (nSPS) is 14.7. The molecule has 2 aliphatic heterocycles. The molecule has 92 heavy (non-hydrogen) atoms. The van der Waals surface area contributed by atoms with Crippen molar-refractivity contribution in [3.63, 3.8) is 0 Å².